The van der Waals surface area contributed by atoms with Crippen molar-refractivity contribution in [1.82, 2.24) is 0 Å². The van der Waals surface area contributed by atoms with Crippen molar-refractivity contribution in [3.8, 4) is 0 Å². The van der Waals surface area contributed by atoms with Crippen molar-refractivity contribution in [2.45, 2.75) is 50.4 Å². The highest BCUT2D eigenvalue weighted by Gasteiger charge is 2.36. The maximum atomic E-state index is 12.3. The highest BCUT2D eigenvalue weighted by atomic mass is 32.2. The molecule has 2 fully saturated rings. The Morgan fingerprint density at radius 1 is 1.40 bits per heavy atom. The van der Waals surface area contributed by atoms with Gasteiger partial charge < -0.3 is 4.74 Å². The summed E-state index contributed by atoms with van der Waals surface area (Å²) in [5.74, 6) is 1.84. The first-order chi connectivity index (χ1) is 7.33. The fourth-order valence-electron chi connectivity index (χ4n) is 2.58. The highest BCUT2D eigenvalue weighted by molar-refractivity contribution is 8.00. The van der Waals surface area contributed by atoms with Crippen molar-refractivity contribution in [2.75, 3.05) is 12.4 Å². The molecule has 2 nitrogen and oxygen atoms in total. The van der Waals surface area contributed by atoms with E-state index in [-0.39, 0.29) is 17.3 Å². The van der Waals surface area contributed by atoms with Crippen LogP contribution < -0.4 is 0 Å². The van der Waals surface area contributed by atoms with Gasteiger partial charge in [0.25, 0.3) is 0 Å². The lowest BCUT2D eigenvalue weighted by atomic mass is 9.91. The van der Waals surface area contributed by atoms with Gasteiger partial charge in [-0.2, -0.15) is 11.8 Å². The Bertz CT molecular complexity index is 224. The summed E-state index contributed by atoms with van der Waals surface area (Å²) in [5.41, 5.74) is 0. The Hall–Kier alpha value is -0.0200. The first-order valence-electron chi connectivity index (χ1n) is 6.10. The molecule has 0 saturated carbocycles. The molecule has 0 radical (unpaired) electrons. The van der Waals surface area contributed by atoms with Gasteiger partial charge >= 0.3 is 0 Å². The zero-order chi connectivity index (χ0) is 10.7. The van der Waals surface area contributed by atoms with E-state index < -0.39 is 0 Å². The molecule has 3 atom stereocenters. The van der Waals surface area contributed by atoms with E-state index in [1.54, 1.807) is 0 Å². The molecule has 0 bridgehead atoms. The number of hydrogen-bond donors (Lipinski definition) is 0. The number of ketones is 1. The Labute approximate surface area is 96.1 Å². The van der Waals surface area contributed by atoms with Gasteiger partial charge in [0.05, 0.1) is 11.4 Å². The Morgan fingerprint density at radius 3 is 2.93 bits per heavy atom. The normalized spacial score (nSPS) is 36.7. The van der Waals surface area contributed by atoms with Crippen molar-refractivity contribution < 1.29 is 9.53 Å². The summed E-state index contributed by atoms with van der Waals surface area (Å²) in [6.45, 7) is 2.90. The zero-order valence-electron chi connectivity index (χ0n) is 9.41. The molecular formula is C12H20O2S. The molecule has 0 amide bonds. The molecule has 15 heavy (non-hydrogen) atoms. The van der Waals surface area contributed by atoms with Crippen LogP contribution in [0.2, 0.25) is 0 Å². The Kier molecular flexibility index (Phi) is 4.09. The van der Waals surface area contributed by atoms with Crippen LogP contribution in [0.15, 0.2) is 0 Å². The van der Waals surface area contributed by atoms with Crippen LogP contribution in [0.5, 0.6) is 0 Å². The van der Waals surface area contributed by atoms with Gasteiger partial charge in [-0.3, -0.25) is 4.79 Å². The minimum absolute atomic E-state index is 0.200. The smallest absolute Gasteiger partial charge is 0.151 e. The van der Waals surface area contributed by atoms with Crippen LogP contribution in [-0.4, -0.2) is 29.5 Å². The highest BCUT2D eigenvalue weighted by Crippen LogP contribution is 2.33. The standard InChI is InChI=1S/C12H20O2S/c1-2-10-9(6-7-14-10)12(13)11-5-3-4-8-15-11/h9-11H,2-8H2,1H3. The van der Waals surface area contributed by atoms with E-state index in [0.717, 1.165) is 25.9 Å². The zero-order valence-corrected chi connectivity index (χ0v) is 10.2. The van der Waals surface area contributed by atoms with Gasteiger partial charge in [-0.25, -0.2) is 0 Å². The van der Waals surface area contributed by atoms with E-state index in [1.807, 2.05) is 11.8 Å². The van der Waals surface area contributed by atoms with Crippen molar-refractivity contribution in [3.05, 3.63) is 0 Å². The average molecular weight is 228 g/mol. The van der Waals surface area contributed by atoms with E-state index in [2.05, 4.69) is 6.92 Å². The van der Waals surface area contributed by atoms with Gasteiger partial charge in [-0.1, -0.05) is 13.3 Å². The summed E-state index contributed by atoms with van der Waals surface area (Å²) in [6, 6.07) is 0. The molecule has 0 aliphatic carbocycles. The summed E-state index contributed by atoms with van der Waals surface area (Å²) in [5, 5.41) is 0.277. The summed E-state index contributed by atoms with van der Waals surface area (Å²) in [6.07, 6.45) is 5.75. The number of carbonyl (C=O) groups excluding carboxylic acids is 1. The Morgan fingerprint density at radius 2 is 2.27 bits per heavy atom. The summed E-state index contributed by atoms with van der Waals surface area (Å²) >= 11 is 1.87. The quantitative estimate of drug-likeness (QED) is 0.743. The number of rotatable bonds is 3. The molecule has 2 aliphatic heterocycles. The van der Waals surface area contributed by atoms with Crippen LogP contribution in [0.25, 0.3) is 0 Å². The molecule has 86 valence electrons. The lowest BCUT2D eigenvalue weighted by Crippen LogP contribution is -2.32. The van der Waals surface area contributed by atoms with E-state index in [9.17, 15) is 4.79 Å². The fourth-order valence-corrected chi connectivity index (χ4v) is 3.91. The maximum Gasteiger partial charge on any atom is 0.151 e. The second-order valence-electron chi connectivity index (χ2n) is 4.47. The second kappa shape index (κ2) is 5.35. The van der Waals surface area contributed by atoms with Crippen LogP contribution in [0.3, 0.4) is 0 Å². The monoisotopic (exact) mass is 228 g/mol. The van der Waals surface area contributed by atoms with E-state index in [0.29, 0.717) is 5.78 Å². The number of hydrogen-bond acceptors (Lipinski definition) is 3. The first-order valence-corrected chi connectivity index (χ1v) is 7.14. The van der Waals surface area contributed by atoms with E-state index in [1.165, 1.54) is 18.6 Å². The third-order valence-corrected chi connectivity index (χ3v) is 4.87. The third-order valence-electron chi connectivity index (χ3n) is 3.47. The van der Waals surface area contributed by atoms with Crippen LogP contribution in [0.4, 0.5) is 0 Å². The third kappa shape index (κ3) is 2.56. The van der Waals surface area contributed by atoms with E-state index in [4.69, 9.17) is 4.74 Å². The van der Waals surface area contributed by atoms with Crippen molar-refractivity contribution in [3.63, 3.8) is 0 Å². The second-order valence-corrected chi connectivity index (χ2v) is 5.78. The average Bonchev–Trinajstić information content (AvgIpc) is 2.77. The molecule has 3 heteroatoms. The van der Waals surface area contributed by atoms with Gasteiger partial charge in [0.2, 0.25) is 0 Å². The topological polar surface area (TPSA) is 26.3 Å². The van der Waals surface area contributed by atoms with Crippen LogP contribution >= 0.6 is 11.8 Å². The molecule has 0 N–H and O–H groups in total. The van der Waals surface area contributed by atoms with Crippen LogP contribution in [-0.2, 0) is 9.53 Å². The first kappa shape index (κ1) is 11.5. The van der Waals surface area contributed by atoms with Crippen LogP contribution in [0, 0.1) is 5.92 Å². The molecule has 0 spiro atoms. The minimum Gasteiger partial charge on any atom is -0.377 e. The molecule has 2 rings (SSSR count). The van der Waals surface area contributed by atoms with Gasteiger partial charge in [-0.15, -0.1) is 0 Å². The van der Waals surface area contributed by atoms with Crippen molar-refractivity contribution in [1.29, 1.82) is 0 Å². The summed E-state index contributed by atoms with van der Waals surface area (Å²) < 4.78 is 5.60. The molecule has 2 aliphatic rings. The van der Waals surface area contributed by atoms with Crippen LogP contribution in [0.1, 0.15) is 39.0 Å². The number of Topliss-reactive ketones (excluding diaryl/α,β-unsaturated/α-hetero) is 1. The lowest BCUT2D eigenvalue weighted by Gasteiger charge is -2.24. The molecule has 0 aromatic rings. The Balaban J connectivity index is 1.93. The number of ether oxygens (including phenoxy) is 1. The van der Waals surface area contributed by atoms with Gasteiger partial charge in [0.1, 0.15) is 0 Å². The number of thioether (sulfide) groups is 1. The molecule has 0 aromatic heterocycles. The lowest BCUT2D eigenvalue weighted by molar-refractivity contribution is -0.124. The minimum atomic E-state index is 0.200. The molecule has 2 saturated heterocycles. The number of carbonyl (C=O) groups is 1. The predicted molar refractivity (Wildman–Crippen MR) is 63.2 cm³/mol. The maximum absolute atomic E-state index is 12.3. The molecular weight excluding hydrogens is 208 g/mol. The van der Waals surface area contributed by atoms with Gasteiger partial charge in [-0.05, 0) is 31.4 Å². The fraction of sp³-hybridized carbons (Fsp3) is 0.917. The largest absolute Gasteiger partial charge is 0.377 e. The summed E-state index contributed by atoms with van der Waals surface area (Å²) in [4.78, 5) is 12.3. The molecule has 2 heterocycles. The molecule has 3 unspecified atom stereocenters. The predicted octanol–water partition coefficient (Wildman–Crippen LogP) is 2.66. The molecule has 0 aromatic carbocycles. The van der Waals surface area contributed by atoms with Gasteiger partial charge in [0.15, 0.2) is 5.78 Å². The van der Waals surface area contributed by atoms with Crippen molar-refractivity contribution in [2.24, 2.45) is 5.92 Å². The SMILES string of the molecule is CCC1OCCC1C(=O)C1CCCCS1. The summed E-state index contributed by atoms with van der Waals surface area (Å²) in [7, 11) is 0. The van der Waals surface area contributed by atoms with E-state index >= 15 is 0 Å². The van der Waals surface area contributed by atoms with Gasteiger partial charge in [0, 0.05) is 12.5 Å². The van der Waals surface area contributed by atoms with Crippen molar-refractivity contribution >= 4 is 17.5 Å².